The van der Waals surface area contributed by atoms with Crippen molar-refractivity contribution in [2.75, 3.05) is 11.7 Å². The summed E-state index contributed by atoms with van der Waals surface area (Å²) in [6.45, 7) is 0.174. The Morgan fingerprint density at radius 3 is 2.04 bits per heavy atom. The lowest BCUT2D eigenvalue weighted by Gasteiger charge is -2.22. The van der Waals surface area contributed by atoms with Crippen LogP contribution in [0.5, 0.6) is 17.2 Å². The molecule has 0 saturated carbocycles. The Morgan fingerprint density at radius 1 is 0.800 bits per heavy atom. The number of amides is 1. The minimum atomic E-state index is -0.503. The molecule has 1 aliphatic heterocycles. The topological polar surface area (TPSA) is 48.0 Å². The molecule has 0 aliphatic carbocycles. The normalized spacial score (nSPS) is 11.8. The number of carbonyl (C=O) groups is 1. The lowest BCUT2D eigenvalue weighted by atomic mass is 10.2. The SMILES string of the molecule is O=C(Oc1ccc2c(c1)OCO2)N(c1ccccc1)c1ccccc1. The largest absolute Gasteiger partial charge is 0.454 e. The predicted octanol–water partition coefficient (Wildman–Crippen LogP) is 4.75. The summed E-state index contributed by atoms with van der Waals surface area (Å²) in [5.74, 6) is 1.60. The van der Waals surface area contributed by atoms with E-state index >= 15 is 0 Å². The highest BCUT2D eigenvalue weighted by Crippen LogP contribution is 2.35. The van der Waals surface area contributed by atoms with Gasteiger partial charge in [-0.25, -0.2) is 9.69 Å². The van der Waals surface area contributed by atoms with Crippen molar-refractivity contribution < 1.29 is 19.0 Å². The number of nitrogens with zero attached hydrogens (tertiary/aromatic N) is 1. The summed E-state index contributed by atoms with van der Waals surface area (Å²) in [6, 6.07) is 23.8. The molecule has 25 heavy (non-hydrogen) atoms. The molecule has 0 bridgehead atoms. The molecule has 0 aromatic heterocycles. The third kappa shape index (κ3) is 3.12. The van der Waals surface area contributed by atoms with Crippen LogP contribution in [0.4, 0.5) is 16.2 Å². The zero-order chi connectivity index (χ0) is 17.1. The van der Waals surface area contributed by atoms with Crippen LogP contribution in [0, 0.1) is 0 Å². The van der Waals surface area contributed by atoms with Crippen LogP contribution < -0.4 is 19.1 Å². The van der Waals surface area contributed by atoms with E-state index in [0.717, 1.165) is 11.4 Å². The average molecular weight is 333 g/mol. The second-order valence-electron chi connectivity index (χ2n) is 5.39. The maximum absolute atomic E-state index is 12.8. The van der Waals surface area contributed by atoms with E-state index in [0.29, 0.717) is 17.2 Å². The summed E-state index contributed by atoms with van der Waals surface area (Å²) in [6.07, 6.45) is -0.503. The van der Waals surface area contributed by atoms with Crippen molar-refractivity contribution in [2.24, 2.45) is 0 Å². The molecule has 1 heterocycles. The van der Waals surface area contributed by atoms with Crippen LogP contribution in [-0.2, 0) is 0 Å². The standard InChI is InChI=1S/C20H15NO4/c22-20(25-17-11-12-18-19(13-17)24-14-23-18)21(15-7-3-1-4-8-15)16-9-5-2-6-10-16/h1-13H,14H2. The Labute approximate surface area is 145 Å². The predicted molar refractivity (Wildman–Crippen MR) is 93.6 cm³/mol. The van der Waals surface area contributed by atoms with Gasteiger partial charge in [-0.05, 0) is 36.4 Å². The molecule has 3 aromatic rings. The number of ether oxygens (including phenoxy) is 3. The summed E-state index contributed by atoms with van der Waals surface area (Å²) >= 11 is 0. The van der Waals surface area contributed by atoms with Gasteiger partial charge in [0.05, 0.1) is 11.4 Å². The van der Waals surface area contributed by atoms with Crippen molar-refractivity contribution in [2.45, 2.75) is 0 Å². The monoisotopic (exact) mass is 333 g/mol. The van der Waals surface area contributed by atoms with Gasteiger partial charge in [-0.1, -0.05) is 36.4 Å². The van der Waals surface area contributed by atoms with Crippen LogP contribution in [0.3, 0.4) is 0 Å². The molecule has 0 N–H and O–H groups in total. The fourth-order valence-corrected chi connectivity index (χ4v) is 2.60. The Hall–Kier alpha value is -3.47. The molecule has 0 spiro atoms. The first-order valence-electron chi connectivity index (χ1n) is 7.83. The van der Waals surface area contributed by atoms with Gasteiger partial charge in [0.1, 0.15) is 5.75 Å². The number of rotatable bonds is 3. The Morgan fingerprint density at radius 2 is 1.40 bits per heavy atom. The average Bonchev–Trinajstić information content (AvgIpc) is 3.11. The van der Waals surface area contributed by atoms with Gasteiger partial charge < -0.3 is 14.2 Å². The van der Waals surface area contributed by atoms with E-state index in [1.807, 2.05) is 60.7 Å². The van der Waals surface area contributed by atoms with Gasteiger partial charge in [-0.2, -0.15) is 0 Å². The molecule has 124 valence electrons. The summed E-state index contributed by atoms with van der Waals surface area (Å²) in [5.41, 5.74) is 1.44. The van der Waals surface area contributed by atoms with Gasteiger partial charge in [0.25, 0.3) is 0 Å². The molecule has 0 unspecified atom stereocenters. The zero-order valence-corrected chi connectivity index (χ0v) is 13.3. The molecule has 0 fully saturated rings. The molecular weight excluding hydrogens is 318 g/mol. The van der Waals surface area contributed by atoms with E-state index < -0.39 is 6.09 Å². The lowest BCUT2D eigenvalue weighted by Crippen LogP contribution is -2.29. The first-order valence-corrected chi connectivity index (χ1v) is 7.83. The number of anilines is 2. The Bertz CT molecular complexity index is 841. The third-order valence-electron chi connectivity index (χ3n) is 3.76. The first kappa shape index (κ1) is 15.1. The number of fused-ring (bicyclic) bond motifs is 1. The van der Waals surface area contributed by atoms with Gasteiger partial charge in [-0.3, -0.25) is 0 Å². The van der Waals surface area contributed by atoms with Gasteiger partial charge in [-0.15, -0.1) is 0 Å². The molecule has 3 aromatic carbocycles. The molecule has 0 radical (unpaired) electrons. The van der Waals surface area contributed by atoms with Crippen LogP contribution in [0.1, 0.15) is 0 Å². The van der Waals surface area contributed by atoms with E-state index in [2.05, 4.69) is 0 Å². The molecule has 1 amide bonds. The minimum Gasteiger partial charge on any atom is -0.454 e. The van der Waals surface area contributed by atoms with Gasteiger partial charge in [0, 0.05) is 6.07 Å². The van der Waals surface area contributed by atoms with E-state index in [1.54, 1.807) is 18.2 Å². The number of benzene rings is 3. The summed E-state index contributed by atoms with van der Waals surface area (Å²) in [5, 5.41) is 0. The quantitative estimate of drug-likeness (QED) is 0.694. The maximum atomic E-state index is 12.8. The van der Waals surface area contributed by atoms with E-state index in [9.17, 15) is 4.79 Å². The number of carbonyl (C=O) groups excluding carboxylic acids is 1. The fourth-order valence-electron chi connectivity index (χ4n) is 2.60. The lowest BCUT2D eigenvalue weighted by molar-refractivity contribution is 0.174. The van der Waals surface area contributed by atoms with Crippen molar-refractivity contribution in [3.63, 3.8) is 0 Å². The number of hydrogen-bond acceptors (Lipinski definition) is 4. The van der Waals surface area contributed by atoms with Gasteiger partial charge >= 0.3 is 6.09 Å². The van der Waals surface area contributed by atoms with Crippen molar-refractivity contribution in [1.82, 2.24) is 0 Å². The molecule has 0 saturated heterocycles. The Kier molecular flexibility index (Phi) is 3.96. The number of para-hydroxylation sites is 2. The second-order valence-corrected chi connectivity index (χ2v) is 5.39. The molecule has 1 aliphatic rings. The van der Waals surface area contributed by atoms with Gasteiger partial charge in [0.15, 0.2) is 11.5 Å². The van der Waals surface area contributed by atoms with Crippen LogP contribution in [0.25, 0.3) is 0 Å². The van der Waals surface area contributed by atoms with Crippen molar-refractivity contribution >= 4 is 17.5 Å². The zero-order valence-electron chi connectivity index (χ0n) is 13.3. The van der Waals surface area contributed by atoms with E-state index in [-0.39, 0.29) is 6.79 Å². The van der Waals surface area contributed by atoms with Crippen LogP contribution >= 0.6 is 0 Å². The first-order chi connectivity index (χ1) is 12.3. The maximum Gasteiger partial charge on any atom is 0.424 e. The summed E-state index contributed by atoms with van der Waals surface area (Å²) in [7, 11) is 0. The molecule has 5 heteroatoms. The van der Waals surface area contributed by atoms with Gasteiger partial charge in [0.2, 0.25) is 6.79 Å². The van der Waals surface area contributed by atoms with Crippen LogP contribution in [0.15, 0.2) is 78.9 Å². The molecule has 4 rings (SSSR count). The van der Waals surface area contributed by atoms with Crippen molar-refractivity contribution in [3.05, 3.63) is 78.9 Å². The third-order valence-corrected chi connectivity index (χ3v) is 3.76. The van der Waals surface area contributed by atoms with E-state index in [4.69, 9.17) is 14.2 Å². The Balaban J connectivity index is 1.64. The van der Waals surface area contributed by atoms with Crippen LogP contribution in [0.2, 0.25) is 0 Å². The number of hydrogen-bond donors (Lipinski definition) is 0. The molecule has 0 atom stereocenters. The van der Waals surface area contributed by atoms with Crippen molar-refractivity contribution in [1.29, 1.82) is 0 Å². The highest BCUT2D eigenvalue weighted by atomic mass is 16.7. The minimum absolute atomic E-state index is 0.174. The summed E-state index contributed by atoms with van der Waals surface area (Å²) in [4.78, 5) is 14.4. The highest BCUT2D eigenvalue weighted by Gasteiger charge is 2.21. The smallest absolute Gasteiger partial charge is 0.424 e. The highest BCUT2D eigenvalue weighted by molar-refractivity contribution is 5.97. The van der Waals surface area contributed by atoms with Crippen molar-refractivity contribution in [3.8, 4) is 17.2 Å². The molecular formula is C20H15NO4. The van der Waals surface area contributed by atoms with E-state index in [1.165, 1.54) is 4.90 Å². The fraction of sp³-hybridized carbons (Fsp3) is 0.0500. The second kappa shape index (κ2) is 6.57. The summed E-state index contributed by atoms with van der Waals surface area (Å²) < 4.78 is 16.2. The van der Waals surface area contributed by atoms with Crippen LogP contribution in [-0.4, -0.2) is 12.9 Å². The molecule has 5 nitrogen and oxygen atoms in total.